The summed E-state index contributed by atoms with van der Waals surface area (Å²) in [7, 11) is 0. The molecule has 0 fully saturated rings. The largest absolute Gasteiger partial charge is 0.336 e. The van der Waals surface area contributed by atoms with Gasteiger partial charge in [0.05, 0.1) is 12.0 Å². The van der Waals surface area contributed by atoms with Crippen molar-refractivity contribution in [3.8, 4) is 0 Å². The van der Waals surface area contributed by atoms with E-state index in [9.17, 15) is 0 Å². The lowest BCUT2D eigenvalue weighted by Crippen LogP contribution is -2.18. The number of thioether (sulfide) groups is 1. The topological polar surface area (TPSA) is 43.8 Å². The molecule has 3 rings (SSSR count). The highest BCUT2D eigenvalue weighted by Crippen LogP contribution is 2.37. The number of nitrogens with two attached hydrogens (primary N) is 1. The SMILES string of the molecule is CC(N)Cc1cn(CC2Cc3ccccc3S2)cn1. The molecule has 2 heterocycles. The third-order valence-electron chi connectivity index (χ3n) is 3.35. The van der Waals surface area contributed by atoms with E-state index in [1.165, 1.54) is 10.5 Å². The van der Waals surface area contributed by atoms with E-state index in [1.54, 1.807) is 0 Å². The first kappa shape index (κ1) is 12.8. The molecule has 1 aromatic heterocycles. The fourth-order valence-electron chi connectivity index (χ4n) is 2.53. The van der Waals surface area contributed by atoms with E-state index in [2.05, 4.69) is 40.0 Å². The maximum Gasteiger partial charge on any atom is 0.0949 e. The van der Waals surface area contributed by atoms with Crippen LogP contribution in [0.5, 0.6) is 0 Å². The van der Waals surface area contributed by atoms with Crippen LogP contribution in [0, 0.1) is 0 Å². The monoisotopic (exact) mass is 273 g/mol. The van der Waals surface area contributed by atoms with E-state index in [1.807, 2.05) is 25.0 Å². The molecule has 0 amide bonds. The van der Waals surface area contributed by atoms with Crippen LogP contribution < -0.4 is 5.73 Å². The van der Waals surface area contributed by atoms with Crippen LogP contribution in [0.15, 0.2) is 41.7 Å². The van der Waals surface area contributed by atoms with Gasteiger partial charge in [0.25, 0.3) is 0 Å². The molecule has 19 heavy (non-hydrogen) atoms. The Morgan fingerprint density at radius 2 is 2.32 bits per heavy atom. The van der Waals surface area contributed by atoms with Crippen molar-refractivity contribution in [3.05, 3.63) is 48.0 Å². The Labute approximate surface area is 118 Å². The smallest absolute Gasteiger partial charge is 0.0949 e. The fourth-order valence-corrected chi connectivity index (χ4v) is 3.86. The number of fused-ring (bicyclic) bond motifs is 1. The van der Waals surface area contributed by atoms with Gasteiger partial charge in [-0.1, -0.05) is 18.2 Å². The maximum absolute atomic E-state index is 5.80. The first-order valence-electron chi connectivity index (χ1n) is 6.71. The first-order valence-corrected chi connectivity index (χ1v) is 7.59. The zero-order valence-corrected chi connectivity index (χ0v) is 11.9. The third kappa shape index (κ3) is 3.01. The molecule has 2 unspecified atom stereocenters. The van der Waals surface area contributed by atoms with Crippen LogP contribution in [0.3, 0.4) is 0 Å². The molecule has 0 saturated heterocycles. The van der Waals surface area contributed by atoms with Gasteiger partial charge in [0.2, 0.25) is 0 Å². The molecule has 0 aliphatic carbocycles. The predicted octanol–water partition coefficient (Wildman–Crippen LogP) is 2.49. The summed E-state index contributed by atoms with van der Waals surface area (Å²) in [5, 5.41) is 0.620. The van der Waals surface area contributed by atoms with Crippen LogP contribution in [0.25, 0.3) is 0 Å². The van der Waals surface area contributed by atoms with E-state index in [4.69, 9.17) is 5.73 Å². The van der Waals surface area contributed by atoms with Crippen LogP contribution in [-0.2, 0) is 19.4 Å². The highest BCUT2D eigenvalue weighted by atomic mass is 32.2. The van der Waals surface area contributed by atoms with Crippen molar-refractivity contribution in [2.75, 3.05) is 0 Å². The lowest BCUT2D eigenvalue weighted by molar-refractivity contribution is 0.661. The van der Waals surface area contributed by atoms with E-state index in [0.29, 0.717) is 5.25 Å². The van der Waals surface area contributed by atoms with E-state index < -0.39 is 0 Å². The van der Waals surface area contributed by atoms with Crippen molar-refractivity contribution >= 4 is 11.8 Å². The lowest BCUT2D eigenvalue weighted by atomic mass is 10.1. The minimum atomic E-state index is 0.175. The Kier molecular flexibility index (Phi) is 3.62. The number of hydrogen-bond acceptors (Lipinski definition) is 3. The Morgan fingerprint density at radius 1 is 1.47 bits per heavy atom. The van der Waals surface area contributed by atoms with E-state index in [-0.39, 0.29) is 6.04 Å². The molecule has 0 spiro atoms. The normalized spacial score (nSPS) is 19.4. The average molecular weight is 273 g/mol. The number of aromatic nitrogens is 2. The summed E-state index contributed by atoms with van der Waals surface area (Å²) >= 11 is 1.98. The summed E-state index contributed by atoms with van der Waals surface area (Å²) in [6, 6.07) is 8.87. The van der Waals surface area contributed by atoms with Gasteiger partial charge in [-0.25, -0.2) is 4.98 Å². The Bertz CT molecular complexity index is 537. The number of hydrogen-bond donors (Lipinski definition) is 1. The van der Waals surface area contributed by atoms with Crippen LogP contribution in [0.2, 0.25) is 0 Å². The van der Waals surface area contributed by atoms with Gasteiger partial charge in [-0.3, -0.25) is 0 Å². The molecule has 0 bridgehead atoms. The second kappa shape index (κ2) is 5.39. The molecule has 1 aliphatic rings. The fraction of sp³-hybridized carbons (Fsp3) is 0.400. The third-order valence-corrected chi connectivity index (χ3v) is 4.65. The van der Waals surface area contributed by atoms with Crippen LogP contribution in [0.1, 0.15) is 18.2 Å². The Hall–Kier alpha value is -1.26. The zero-order chi connectivity index (χ0) is 13.2. The van der Waals surface area contributed by atoms with Crippen molar-refractivity contribution in [1.29, 1.82) is 0 Å². The standard InChI is InChI=1S/C15H19N3S/c1-11(16)6-13-8-18(10-17-13)9-14-7-12-4-2-3-5-15(12)19-14/h2-5,8,10-11,14H,6-7,9,16H2,1H3. The highest BCUT2D eigenvalue weighted by Gasteiger charge is 2.22. The first-order chi connectivity index (χ1) is 9.20. The van der Waals surface area contributed by atoms with Crippen LogP contribution in [0.4, 0.5) is 0 Å². The molecule has 4 heteroatoms. The number of rotatable bonds is 4. The average Bonchev–Trinajstić information content (AvgIpc) is 2.94. The molecular formula is C15H19N3S. The van der Waals surface area contributed by atoms with Crippen molar-refractivity contribution in [2.24, 2.45) is 5.73 Å². The van der Waals surface area contributed by atoms with Gasteiger partial charge < -0.3 is 10.3 Å². The summed E-state index contributed by atoms with van der Waals surface area (Å²) in [6.45, 7) is 3.04. The number of nitrogens with zero attached hydrogens (tertiary/aromatic N) is 2. The molecule has 1 aliphatic heterocycles. The summed E-state index contributed by atoms with van der Waals surface area (Å²) in [4.78, 5) is 5.85. The molecule has 1 aromatic carbocycles. The zero-order valence-electron chi connectivity index (χ0n) is 11.1. The van der Waals surface area contributed by atoms with Crippen molar-refractivity contribution in [2.45, 2.75) is 42.5 Å². The maximum atomic E-state index is 5.80. The summed E-state index contributed by atoms with van der Waals surface area (Å²) in [6.07, 6.45) is 6.07. The molecule has 0 radical (unpaired) electrons. The van der Waals surface area contributed by atoms with Gasteiger partial charge in [0.15, 0.2) is 0 Å². The van der Waals surface area contributed by atoms with Gasteiger partial charge in [-0.15, -0.1) is 11.8 Å². The molecule has 2 aromatic rings. The quantitative estimate of drug-likeness (QED) is 0.931. The van der Waals surface area contributed by atoms with E-state index >= 15 is 0 Å². The Balaban J connectivity index is 1.63. The minimum absolute atomic E-state index is 0.175. The molecular weight excluding hydrogens is 254 g/mol. The lowest BCUT2D eigenvalue weighted by Gasteiger charge is -2.08. The summed E-state index contributed by atoms with van der Waals surface area (Å²) in [5.74, 6) is 0. The van der Waals surface area contributed by atoms with Crippen LogP contribution in [-0.4, -0.2) is 20.8 Å². The van der Waals surface area contributed by atoms with E-state index in [0.717, 1.165) is 25.1 Å². The molecule has 100 valence electrons. The van der Waals surface area contributed by atoms with Gasteiger partial charge in [-0.2, -0.15) is 0 Å². The summed E-state index contributed by atoms with van der Waals surface area (Å²) in [5.41, 5.74) is 8.37. The van der Waals surface area contributed by atoms with Crippen LogP contribution >= 0.6 is 11.8 Å². The second-order valence-electron chi connectivity index (χ2n) is 5.29. The van der Waals surface area contributed by atoms with Crippen molar-refractivity contribution in [3.63, 3.8) is 0 Å². The number of imidazole rings is 1. The van der Waals surface area contributed by atoms with Crippen molar-refractivity contribution < 1.29 is 0 Å². The second-order valence-corrected chi connectivity index (χ2v) is 6.64. The van der Waals surface area contributed by atoms with Gasteiger partial charge in [0.1, 0.15) is 0 Å². The molecule has 2 N–H and O–H groups in total. The van der Waals surface area contributed by atoms with Gasteiger partial charge in [0, 0.05) is 35.3 Å². The molecule has 3 nitrogen and oxygen atoms in total. The molecule has 0 saturated carbocycles. The van der Waals surface area contributed by atoms with Crippen molar-refractivity contribution in [1.82, 2.24) is 9.55 Å². The minimum Gasteiger partial charge on any atom is -0.336 e. The summed E-state index contributed by atoms with van der Waals surface area (Å²) < 4.78 is 2.20. The molecule has 2 atom stereocenters. The van der Waals surface area contributed by atoms with Gasteiger partial charge in [-0.05, 0) is 25.0 Å². The van der Waals surface area contributed by atoms with Gasteiger partial charge >= 0.3 is 0 Å². The number of benzene rings is 1. The predicted molar refractivity (Wildman–Crippen MR) is 79.4 cm³/mol. The Morgan fingerprint density at radius 3 is 3.11 bits per heavy atom. The highest BCUT2D eigenvalue weighted by molar-refractivity contribution is 8.00.